The van der Waals surface area contributed by atoms with Crippen LogP contribution in [0, 0.1) is 18.8 Å². The van der Waals surface area contributed by atoms with Crippen molar-refractivity contribution >= 4 is 17.3 Å². The van der Waals surface area contributed by atoms with Crippen LogP contribution in [0.25, 0.3) is 0 Å². The van der Waals surface area contributed by atoms with Crippen molar-refractivity contribution in [3.63, 3.8) is 0 Å². The van der Waals surface area contributed by atoms with Gasteiger partial charge in [0, 0.05) is 16.8 Å². The zero-order valence-electron chi connectivity index (χ0n) is 11.7. The van der Waals surface area contributed by atoms with Crippen molar-refractivity contribution in [3.8, 4) is 0 Å². The Bertz CT molecular complexity index is 400. The Hall–Kier alpha value is -0.690. The SMILES string of the molecule is Cc1cc(Cl)ccc1NC1CCCC(C(C)C)C1. The molecule has 0 amide bonds. The van der Waals surface area contributed by atoms with Crippen LogP contribution in [0.4, 0.5) is 5.69 Å². The van der Waals surface area contributed by atoms with Crippen LogP contribution in [0.15, 0.2) is 18.2 Å². The molecule has 0 saturated heterocycles. The van der Waals surface area contributed by atoms with Gasteiger partial charge in [-0.25, -0.2) is 0 Å². The maximum Gasteiger partial charge on any atom is 0.0410 e. The van der Waals surface area contributed by atoms with Crippen molar-refractivity contribution in [1.29, 1.82) is 0 Å². The zero-order valence-corrected chi connectivity index (χ0v) is 12.4. The molecule has 1 nitrogen and oxygen atoms in total. The second-order valence-electron chi connectivity index (χ2n) is 5.97. The third kappa shape index (κ3) is 3.41. The highest BCUT2D eigenvalue weighted by Crippen LogP contribution is 2.32. The summed E-state index contributed by atoms with van der Waals surface area (Å²) in [5, 5.41) is 4.52. The molecule has 1 aromatic carbocycles. The Balaban J connectivity index is 2.00. The fraction of sp³-hybridized carbons (Fsp3) is 0.625. The average Bonchev–Trinajstić information content (AvgIpc) is 2.33. The van der Waals surface area contributed by atoms with E-state index >= 15 is 0 Å². The van der Waals surface area contributed by atoms with Crippen molar-refractivity contribution in [3.05, 3.63) is 28.8 Å². The summed E-state index contributed by atoms with van der Waals surface area (Å²) >= 11 is 6.00. The normalized spacial score (nSPS) is 24.3. The van der Waals surface area contributed by atoms with E-state index < -0.39 is 0 Å². The van der Waals surface area contributed by atoms with Gasteiger partial charge in [-0.2, -0.15) is 0 Å². The summed E-state index contributed by atoms with van der Waals surface area (Å²) in [7, 11) is 0. The summed E-state index contributed by atoms with van der Waals surface area (Å²) < 4.78 is 0. The first-order chi connectivity index (χ1) is 8.56. The lowest BCUT2D eigenvalue weighted by Gasteiger charge is -2.33. The van der Waals surface area contributed by atoms with E-state index in [4.69, 9.17) is 11.6 Å². The second kappa shape index (κ2) is 5.97. The molecule has 2 rings (SSSR count). The van der Waals surface area contributed by atoms with Gasteiger partial charge in [-0.05, 0) is 55.4 Å². The molecule has 1 aliphatic rings. The number of benzene rings is 1. The highest BCUT2D eigenvalue weighted by molar-refractivity contribution is 6.30. The Morgan fingerprint density at radius 1 is 1.28 bits per heavy atom. The summed E-state index contributed by atoms with van der Waals surface area (Å²) in [6, 6.07) is 6.74. The van der Waals surface area contributed by atoms with E-state index in [1.165, 1.54) is 36.9 Å². The Kier molecular flexibility index (Phi) is 4.55. The lowest BCUT2D eigenvalue weighted by molar-refractivity contribution is 0.264. The lowest BCUT2D eigenvalue weighted by atomic mass is 9.79. The Morgan fingerprint density at radius 2 is 2.06 bits per heavy atom. The Morgan fingerprint density at radius 3 is 2.72 bits per heavy atom. The summed E-state index contributed by atoms with van der Waals surface area (Å²) in [5.74, 6) is 1.68. The minimum absolute atomic E-state index is 0.631. The van der Waals surface area contributed by atoms with Crippen LogP contribution in [-0.2, 0) is 0 Å². The van der Waals surface area contributed by atoms with E-state index in [-0.39, 0.29) is 0 Å². The monoisotopic (exact) mass is 265 g/mol. The first-order valence-corrected chi connectivity index (χ1v) is 7.46. The van der Waals surface area contributed by atoms with Gasteiger partial charge in [0.05, 0.1) is 0 Å². The van der Waals surface area contributed by atoms with Crippen molar-refractivity contribution in [2.45, 2.75) is 52.5 Å². The van der Waals surface area contributed by atoms with E-state index in [1.807, 2.05) is 12.1 Å². The molecule has 100 valence electrons. The highest BCUT2D eigenvalue weighted by Gasteiger charge is 2.24. The van der Waals surface area contributed by atoms with Gasteiger partial charge in [-0.15, -0.1) is 0 Å². The van der Waals surface area contributed by atoms with Crippen molar-refractivity contribution in [2.75, 3.05) is 5.32 Å². The van der Waals surface area contributed by atoms with Crippen molar-refractivity contribution in [1.82, 2.24) is 0 Å². The van der Waals surface area contributed by atoms with Crippen molar-refractivity contribution < 1.29 is 0 Å². The maximum absolute atomic E-state index is 6.00. The molecule has 0 bridgehead atoms. The van der Waals surface area contributed by atoms with Crippen LogP contribution in [0.2, 0.25) is 5.02 Å². The van der Waals surface area contributed by atoms with E-state index in [9.17, 15) is 0 Å². The second-order valence-corrected chi connectivity index (χ2v) is 6.41. The molecule has 0 heterocycles. The topological polar surface area (TPSA) is 12.0 Å². The summed E-state index contributed by atoms with van der Waals surface area (Å²) in [6.07, 6.45) is 5.35. The summed E-state index contributed by atoms with van der Waals surface area (Å²) in [6.45, 7) is 6.82. The highest BCUT2D eigenvalue weighted by atomic mass is 35.5. The molecule has 18 heavy (non-hydrogen) atoms. The molecule has 1 aromatic rings. The molecule has 1 fully saturated rings. The number of anilines is 1. The van der Waals surface area contributed by atoms with Gasteiger partial charge in [-0.3, -0.25) is 0 Å². The largest absolute Gasteiger partial charge is 0.382 e. The molecule has 1 N–H and O–H groups in total. The van der Waals surface area contributed by atoms with Crippen LogP contribution in [-0.4, -0.2) is 6.04 Å². The predicted octanol–water partition coefficient (Wildman–Crippen LogP) is 5.28. The molecule has 0 radical (unpaired) electrons. The van der Waals surface area contributed by atoms with Gasteiger partial charge in [0.2, 0.25) is 0 Å². The van der Waals surface area contributed by atoms with E-state index in [2.05, 4.69) is 32.2 Å². The van der Waals surface area contributed by atoms with Crippen LogP contribution >= 0.6 is 11.6 Å². The summed E-state index contributed by atoms with van der Waals surface area (Å²) in [4.78, 5) is 0. The third-order valence-corrected chi connectivity index (χ3v) is 4.44. The number of nitrogens with one attached hydrogen (secondary N) is 1. The van der Waals surface area contributed by atoms with Crippen LogP contribution < -0.4 is 5.32 Å². The quantitative estimate of drug-likeness (QED) is 0.785. The number of hydrogen-bond donors (Lipinski definition) is 1. The molecule has 0 spiro atoms. The minimum atomic E-state index is 0.631. The molecule has 2 unspecified atom stereocenters. The van der Waals surface area contributed by atoms with Gasteiger partial charge in [0.25, 0.3) is 0 Å². The molecule has 2 atom stereocenters. The van der Waals surface area contributed by atoms with E-state index in [0.29, 0.717) is 6.04 Å². The first-order valence-electron chi connectivity index (χ1n) is 7.09. The van der Waals surface area contributed by atoms with Gasteiger partial charge >= 0.3 is 0 Å². The molecule has 0 aromatic heterocycles. The molecular formula is C16H24ClN. The van der Waals surface area contributed by atoms with Crippen LogP contribution in [0.1, 0.15) is 45.1 Å². The molecule has 0 aliphatic heterocycles. The smallest absolute Gasteiger partial charge is 0.0410 e. The number of halogens is 1. The van der Waals surface area contributed by atoms with Gasteiger partial charge in [0.1, 0.15) is 0 Å². The first kappa shape index (κ1) is 13.7. The fourth-order valence-electron chi connectivity index (χ4n) is 2.97. The fourth-order valence-corrected chi connectivity index (χ4v) is 3.20. The van der Waals surface area contributed by atoms with Crippen LogP contribution in [0.3, 0.4) is 0 Å². The molecular weight excluding hydrogens is 242 g/mol. The summed E-state index contributed by atoms with van der Waals surface area (Å²) in [5.41, 5.74) is 2.49. The van der Waals surface area contributed by atoms with Gasteiger partial charge in [-0.1, -0.05) is 38.3 Å². The van der Waals surface area contributed by atoms with Crippen molar-refractivity contribution in [2.24, 2.45) is 11.8 Å². The zero-order chi connectivity index (χ0) is 13.1. The van der Waals surface area contributed by atoms with Gasteiger partial charge in [0.15, 0.2) is 0 Å². The number of hydrogen-bond acceptors (Lipinski definition) is 1. The average molecular weight is 266 g/mol. The number of rotatable bonds is 3. The van der Waals surface area contributed by atoms with Gasteiger partial charge < -0.3 is 5.32 Å². The standard InChI is InChI=1S/C16H24ClN/c1-11(2)13-5-4-6-15(10-13)18-16-8-7-14(17)9-12(16)3/h7-9,11,13,15,18H,4-6,10H2,1-3H3. The van der Waals surface area contributed by atoms with E-state index in [1.54, 1.807) is 0 Å². The van der Waals surface area contributed by atoms with E-state index in [0.717, 1.165) is 16.9 Å². The Labute approximate surface area is 116 Å². The predicted molar refractivity (Wildman–Crippen MR) is 80.4 cm³/mol. The maximum atomic E-state index is 6.00. The number of aryl methyl sites for hydroxylation is 1. The third-order valence-electron chi connectivity index (χ3n) is 4.21. The molecule has 2 heteroatoms. The minimum Gasteiger partial charge on any atom is -0.382 e. The van der Waals surface area contributed by atoms with Crippen LogP contribution in [0.5, 0.6) is 0 Å². The molecule has 1 saturated carbocycles. The molecule has 1 aliphatic carbocycles. The lowest BCUT2D eigenvalue weighted by Crippen LogP contribution is -2.29.